The number of rotatable bonds is 4. The molecule has 0 aliphatic heterocycles. The standard InChI is InChI=1S/C19H19ClN2O2/c1-11-4-5-13(8-17(11)20)22-19(23)10-15-12(2)21-18-7-6-14(24-3)9-16(15)18/h4-9,21H,10H2,1-3H3,(H,22,23). The second-order valence-electron chi connectivity index (χ2n) is 5.83. The van der Waals surface area contributed by atoms with Crippen molar-refractivity contribution in [3.05, 3.63) is 58.2 Å². The van der Waals surface area contributed by atoms with Gasteiger partial charge in [-0.15, -0.1) is 0 Å². The third-order valence-corrected chi connectivity index (χ3v) is 4.53. The first kappa shape index (κ1) is 16.4. The van der Waals surface area contributed by atoms with Gasteiger partial charge in [0.05, 0.1) is 13.5 Å². The number of carbonyl (C=O) groups is 1. The minimum absolute atomic E-state index is 0.0817. The third-order valence-electron chi connectivity index (χ3n) is 4.12. The summed E-state index contributed by atoms with van der Waals surface area (Å²) in [5, 5.41) is 4.54. The number of hydrogen-bond donors (Lipinski definition) is 2. The average Bonchev–Trinajstić information content (AvgIpc) is 2.86. The van der Waals surface area contributed by atoms with Crippen LogP contribution in [0.15, 0.2) is 36.4 Å². The Kier molecular flexibility index (Phi) is 4.49. The highest BCUT2D eigenvalue weighted by atomic mass is 35.5. The van der Waals surface area contributed by atoms with Crippen molar-refractivity contribution >= 4 is 34.1 Å². The molecule has 0 atom stereocenters. The molecule has 24 heavy (non-hydrogen) atoms. The Morgan fingerprint density at radius 2 is 2.00 bits per heavy atom. The van der Waals surface area contributed by atoms with E-state index >= 15 is 0 Å². The molecule has 0 saturated carbocycles. The summed E-state index contributed by atoms with van der Waals surface area (Å²) in [5.74, 6) is 0.690. The lowest BCUT2D eigenvalue weighted by Crippen LogP contribution is -2.14. The molecule has 124 valence electrons. The molecule has 1 heterocycles. The number of halogens is 1. The van der Waals surface area contributed by atoms with E-state index in [2.05, 4.69) is 10.3 Å². The fourth-order valence-electron chi connectivity index (χ4n) is 2.75. The fraction of sp³-hybridized carbons (Fsp3) is 0.211. The molecule has 2 aromatic carbocycles. The number of nitrogens with one attached hydrogen (secondary N) is 2. The van der Waals surface area contributed by atoms with Gasteiger partial charge < -0.3 is 15.0 Å². The Morgan fingerprint density at radius 3 is 2.71 bits per heavy atom. The van der Waals surface area contributed by atoms with Crippen LogP contribution in [0, 0.1) is 13.8 Å². The van der Waals surface area contributed by atoms with Crippen molar-refractivity contribution in [1.29, 1.82) is 0 Å². The van der Waals surface area contributed by atoms with Gasteiger partial charge in [-0.1, -0.05) is 17.7 Å². The number of benzene rings is 2. The molecule has 1 amide bonds. The number of ether oxygens (including phenoxy) is 1. The number of carbonyl (C=O) groups excluding carboxylic acids is 1. The van der Waals surface area contributed by atoms with Gasteiger partial charge in [0.15, 0.2) is 0 Å². The zero-order valence-corrected chi connectivity index (χ0v) is 14.6. The van der Waals surface area contributed by atoms with Crippen molar-refractivity contribution in [2.75, 3.05) is 12.4 Å². The van der Waals surface area contributed by atoms with Crippen molar-refractivity contribution in [1.82, 2.24) is 4.98 Å². The van der Waals surface area contributed by atoms with Crippen LogP contribution in [0.1, 0.15) is 16.8 Å². The first-order valence-corrected chi connectivity index (χ1v) is 8.07. The van der Waals surface area contributed by atoms with E-state index in [1.54, 1.807) is 13.2 Å². The second-order valence-corrected chi connectivity index (χ2v) is 6.24. The van der Waals surface area contributed by atoms with Crippen molar-refractivity contribution in [2.24, 2.45) is 0 Å². The molecule has 1 aromatic heterocycles. The van der Waals surface area contributed by atoms with Gasteiger partial charge in [0.25, 0.3) is 0 Å². The van der Waals surface area contributed by atoms with Crippen LogP contribution in [-0.4, -0.2) is 18.0 Å². The first-order chi connectivity index (χ1) is 11.5. The van der Waals surface area contributed by atoms with Gasteiger partial charge in [-0.2, -0.15) is 0 Å². The van der Waals surface area contributed by atoms with E-state index in [1.165, 1.54) is 0 Å². The Morgan fingerprint density at radius 1 is 1.21 bits per heavy atom. The normalized spacial score (nSPS) is 10.8. The molecule has 0 saturated heterocycles. The lowest BCUT2D eigenvalue weighted by Gasteiger charge is -2.07. The molecule has 0 unspecified atom stereocenters. The van der Waals surface area contributed by atoms with E-state index in [4.69, 9.17) is 16.3 Å². The molecule has 3 rings (SSSR count). The summed E-state index contributed by atoms with van der Waals surface area (Å²) in [5.41, 5.74) is 4.63. The summed E-state index contributed by atoms with van der Waals surface area (Å²) < 4.78 is 5.28. The number of anilines is 1. The molecule has 0 aliphatic carbocycles. The first-order valence-electron chi connectivity index (χ1n) is 7.69. The largest absolute Gasteiger partial charge is 0.497 e. The van der Waals surface area contributed by atoms with Crippen LogP contribution in [0.5, 0.6) is 5.75 Å². The summed E-state index contributed by atoms with van der Waals surface area (Å²) in [4.78, 5) is 15.7. The number of hydrogen-bond acceptors (Lipinski definition) is 2. The van der Waals surface area contributed by atoms with Crippen molar-refractivity contribution in [3.8, 4) is 5.75 Å². The maximum Gasteiger partial charge on any atom is 0.228 e. The number of methoxy groups -OCH3 is 1. The lowest BCUT2D eigenvalue weighted by molar-refractivity contribution is -0.115. The highest BCUT2D eigenvalue weighted by Crippen LogP contribution is 2.27. The zero-order chi connectivity index (χ0) is 17.3. The Labute approximate surface area is 145 Å². The minimum Gasteiger partial charge on any atom is -0.497 e. The van der Waals surface area contributed by atoms with Gasteiger partial charge in [0.2, 0.25) is 5.91 Å². The molecule has 0 spiro atoms. The number of aromatic amines is 1. The van der Waals surface area contributed by atoms with Crippen LogP contribution in [0.4, 0.5) is 5.69 Å². The Bertz CT molecular complexity index is 915. The van der Waals surface area contributed by atoms with Crippen LogP contribution >= 0.6 is 11.6 Å². The predicted octanol–water partition coefficient (Wildman–Crippen LogP) is 4.63. The number of fused-ring (bicyclic) bond motifs is 1. The van der Waals surface area contributed by atoms with E-state index in [-0.39, 0.29) is 12.3 Å². The van der Waals surface area contributed by atoms with Gasteiger partial charge in [0, 0.05) is 27.3 Å². The molecule has 0 aliphatic rings. The Balaban J connectivity index is 1.84. The monoisotopic (exact) mass is 342 g/mol. The van der Waals surface area contributed by atoms with Crippen LogP contribution in [-0.2, 0) is 11.2 Å². The summed E-state index contributed by atoms with van der Waals surface area (Å²) in [6.07, 6.45) is 0.282. The van der Waals surface area contributed by atoms with Gasteiger partial charge in [-0.3, -0.25) is 4.79 Å². The lowest BCUT2D eigenvalue weighted by atomic mass is 10.1. The SMILES string of the molecule is COc1ccc2[nH]c(C)c(CC(=O)Nc3ccc(C)c(Cl)c3)c2c1. The van der Waals surface area contributed by atoms with E-state index in [1.807, 2.05) is 44.2 Å². The van der Waals surface area contributed by atoms with Crippen LogP contribution in [0.2, 0.25) is 5.02 Å². The molecule has 0 bridgehead atoms. The molecular weight excluding hydrogens is 324 g/mol. The molecule has 3 aromatic rings. The summed E-state index contributed by atoms with van der Waals surface area (Å²) in [7, 11) is 1.63. The number of H-pyrrole nitrogens is 1. The molecule has 0 radical (unpaired) electrons. The quantitative estimate of drug-likeness (QED) is 0.726. The van der Waals surface area contributed by atoms with Crippen molar-refractivity contribution in [3.63, 3.8) is 0 Å². The van der Waals surface area contributed by atoms with E-state index in [9.17, 15) is 4.79 Å². The van der Waals surface area contributed by atoms with Crippen LogP contribution in [0.25, 0.3) is 10.9 Å². The number of aryl methyl sites for hydroxylation is 2. The fourth-order valence-corrected chi connectivity index (χ4v) is 2.93. The minimum atomic E-state index is -0.0817. The number of aromatic nitrogens is 1. The molecule has 2 N–H and O–H groups in total. The van der Waals surface area contributed by atoms with Crippen LogP contribution < -0.4 is 10.1 Å². The molecule has 5 heteroatoms. The van der Waals surface area contributed by atoms with E-state index in [0.717, 1.165) is 33.5 Å². The molecule has 0 fully saturated rings. The highest BCUT2D eigenvalue weighted by Gasteiger charge is 2.14. The maximum absolute atomic E-state index is 12.4. The van der Waals surface area contributed by atoms with Gasteiger partial charge >= 0.3 is 0 Å². The van der Waals surface area contributed by atoms with E-state index < -0.39 is 0 Å². The van der Waals surface area contributed by atoms with Crippen molar-refractivity contribution in [2.45, 2.75) is 20.3 Å². The van der Waals surface area contributed by atoms with Crippen molar-refractivity contribution < 1.29 is 9.53 Å². The number of amides is 1. The zero-order valence-electron chi connectivity index (χ0n) is 13.9. The van der Waals surface area contributed by atoms with E-state index in [0.29, 0.717) is 10.7 Å². The smallest absolute Gasteiger partial charge is 0.228 e. The molecule has 4 nitrogen and oxygen atoms in total. The summed E-state index contributed by atoms with van der Waals surface area (Å²) in [6, 6.07) is 11.3. The molecular formula is C19H19ClN2O2. The second kappa shape index (κ2) is 6.57. The van der Waals surface area contributed by atoms with Gasteiger partial charge in [-0.05, 0) is 55.3 Å². The average molecular weight is 343 g/mol. The predicted molar refractivity (Wildman–Crippen MR) is 98.1 cm³/mol. The van der Waals surface area contributed by atoms with Gasteiger partial charge in [0.1, 0.15) is 5.75 Å². The van der Waals surface area contributed by atoms with Crippen LogP contribution in [0.3, 0.4) is 0 Å². The summed E-state index contributed by atoms with van der Waals surface area (Å²) >= 11 is 6.11. The highest BCUT2D eigenvalue weighted by molar-refractivity contribution is 6.31. The third kappa shape index (κ3) is 3.24. The maximum atomic E-state index is 12.4. The summed E-state index contributed by atoms with van der Waals surface area (Å²) in [6.45, 7) is 3.90. The topological polar surface area (TPSA) is 54.1 Å². The van der Waals surface area contributed by atoms with Gasteiger partial charge in [-0.25, -0.2) is 0 Å². The Hall–Kier alpha value is -2.46.